The van der Waals surface area contributed by atoms with E-state index in [2.05, 4.69) is 10.2 Å². The van der Waals surface area contributed by atoms with Crippen LogP contribution in [0.25, 0.3) is 16.5 Å². The molecule has 0 amide bonds. The molecule has 3 aliphatic carbocycles. The molecular formula is C17H13F3N2O2. The van der Waals surface area contributed by atoms with E-state index < -0.39 is 29.2 Å². The Kier molecular flexibility index (Phi) is 2.42. The Morgan fingerprint density at radius 1 is 1.33 bits per heavy atom. The zero-order valence-corrected chi connectivity index (χ0v) is 12.4. The Labute approximate surface area is 134 Å². The first-order valence-corrected chi connectivity index (χ1v) is 7.86. The molecule has 0 radical (unpaired) electrons. The van der Waals surface area contributed by atoms with E-state index in [1.807, 2.05) is 0 Å². The van der Waals surface area contributed by atoms with Crippen LogP contribution in [0.5, 0.6) is 0 Å². The second-order valence-corrected chi connectivity index (χ2v) is 6.96. The van der Waals surface area contributed by atoms with Gasteiger partial charge in [-0.15, -0.1) is 0 Å². The first-order valence-electron chi connectivity index (χ1n) is 7.86. The minimum Gasteiger partial charge on any atom is -0.388 e. The molecule has 124 valence electrons. The highest BCUT2D eigenvalue weighted by molar-refractivity contribution is 6.23. The third-order valence-electron chi connectivity index (χ3n) is 5.90. The van der Waals surface area contributed by atoms with Crippen LogP contribution in [-0.2, 0) is 0 Å². The number of alkyl halides is 3. The molecular weight excluding hydrogens is 321 g/mol. The molecule has 0 aliphatic heterocycles. The lowest BCUT2D eigenvalue weighted by molar-refractivity contribution is -0.110. The fourth-order valence-corrected chi connectivity index (χ4v) is 4.96. The molecule has 0 saturated heterocycles. The lowest BCUT2D eigenvalue weighted by atomic mass is 9.70. The Hall–Kier alpha value is -2.15. The van der Waals surface area contributed by atoms with E-state index in [0.29, 0.717) is 34.9 Å². The number of hydrogen-bond donors (Lipinski definition) is 2. The number of hydrogen-bond acceptors (Lipinski definition) is 3. The first kappa shape index (κ1) is 14.2. The van der Waals surface area contributed by atoms with Gasteiger partial charge in [0.1, 0.15) is 0 Å². The summed E-state index contributed by atoms with van der Waals surface area (Å²) >= 11 is 0. The van der Waals surface area contributed by atoms with Gasteiger partial charge in [0.05, 0.1) is 28.8 Å². The number of aliphatic hydroxyl groups is 1. The van der Waals surface area contributed by atoms with Gasteiger partial charge in [-0.3, -0.25) is 9.89 Å². The topological polar surface area (TPSA) is 66.0 Å². The number of rotatable bonds is 0. The van der Waals surface area contributed by atoms with E-state index in [9.17, 15) is 23.1 Å². The first-order chi connectivity index (χ1) is 11.3. The van der Waals surface area contributed by atoms with Crippen LogP contribution in [-0.4, -0.2) is 33.4 Å². The van der Waals surface area contributed by atoms with E-state index in [0.717, 1.165) is 0 Å². The van der Waals surface area contributed by atoms with Gasteiger partial charge in [0.15, 0.2) is 5.78 Å². The number of carbonyl (C=O) groups excluding carboxylic acids is 1. The largest absolute Gasteiger partial charge is 0.415 e. The Balaban J connectivity index is 1.93. The number of halogens is 3. The maximum absolute atomic E-state index is 13.7. The number of carbonyl (C=O) groups is 1. The van der Waals surface area contributed by atoms with Crippen molar-refractivity contribution in [2.75, 3.05) is 0 Å². The summed E-state index contributed by atoms with van der Waals surface area (Å²) in [6.45, 7) is 0. The third kappa shape index (κ3) is 1.45. The van der Waals surface area contributed by atoms with Crippen molar-refractivity contribution in [3.8, 4) is 0 Å². The molecule has 2 aromatic rings. The van der Waals surface area contributed by atoms with Gasteiger partial charge in [0.25, 0.3) is 0 Å². The van der Waals surface area contributed by atoms with Gasteiger partial charge in [-0.1, -0.05) is 6.07 Å². The number of aromatic nitrogens is 2. The Bertz CT molecular complexity index is 943. The third-order valence-corrected chi connectivity index (χ3v) is 5.90. The summed E-state index contributed by atoms with van der Waals surface area (Å²) in [5.41, 5.74) is -0.817. The molecule has 24 heavy (non-hydrogen) atoms. The number of nitrogens with one attached hydrogen (secondary N) is 1. The van der Waals surface area contributed by atoms with Crippen LogP contribution in [0.3, 0.4) is 0 Å². The van der Waals surface area contributed by atoms with Crippen molar-refractivity contribution in [1.82, 2.24) is 10.2 Å². The van der Waals surface area contributed by atoms with Crippen molar-refractivity contribution in [2.24, 2.45) is 11.3 Å². The van der Waals surface area contributed by atoms with Crippen molar-refractivity contribution in [1.29, 1.82) is 0 Å². The van der Waals surface area contributed by atoms with Crippen molar-refractivity contribution in [3.63, 3.8) is 0 Å². The molecule has 1 fully saturated rings. The van der Waals surface area contributed by atoms with E-state index in [4.69, 9.17) is 0 Å². The van der Waals surface area contributed by atoms with Crippen molar-refractivity contribution in [2.45, 2.75) is 31.5 Å². The number of benzene rings is 1. The SMILES string of the molecule is O=C1c2c(ccc3[nH]ncc23)C2=C(C(F)(F)F)[C@H](O)C3CC[C@@]12C3. The van der Waals surface area contributed by atoms with Crippen LogP contribution in [0.15, 0.2) is 23.9 Å². The summed E-state index contributed by atoms with van der Waals surface area (Å²) in [6, 6.07) is 3.19. The minimum atomic E-state index is -4.66. The molecule has 1 saturated carbocycles. The van der Waals surface area contributed by atoms with Crippen LogP contribution < -0.4 is 0 Å². The molecule has 1 heterocycles. The molecule has 5 rings (SSSR count). The van der Waals surface area contributed by atoms with Crippen LogP contribution in [0.2, 0.25) is 0 Å². The zero-order valence-electron chi connectivity index (χ0n) is 12.4. The second-order valence-electron chi connectivity index (χ2n) is 6.96. The lowest BCUT2D eigenvalue weighted by Gasteiger charge is -2.35. The average molecular weight is 334 g/mol. The summed E-state index contributed by atoms with van der Waals surface area (Å²) in [7, 11) is 0. The lowest BCUT2D eigenvalue weighted by Crippen LogP contribution is -2.38. The molecule has 1 spiro atoms. The number of aromatic amines is 1. The summed E-state index contributed by atoms with van der Waals surface area (Å²) in [5.74, 6) is -0.765. The standard InChI is InChI=1S/C17H13F3N2O2/c18-17(19,20)13-12-8-1-2-10-9(6-21-22-10)11(8)15(24)16(12)4-3-7(5-16)14(13)23/h1-2,6-7,14,23H,3-5H2,(H,21,22)/t7?,14-,16+/m1/s1. The maximum Gasteiger partial charge on any atom is 0.415 e. The molecule has 2 N–H and O–H groups in total. The van der Waals surface area contributed by atoms with Gasteiger partial charge < -0.3 is 5.11 Å². The second kappa shape index (κ2) is 4.08. The number of Topliss-reactive ketones (excluding diaryl/α,β-unsaturated/α-hetero) is 1. The number of aliphatic hydroxyl groups excluding tert-OH is 1. The van der Waals surface area contributed by atoms with E-state index >= 15 is 0 Å². The van der Waals surface area contributed by atoms with Crippen molar-refractivity contribution >= 4 is 22.3 Å². The van der Waals surface area contributed by atoms with Crippen LogP contribution >= 0.6 is 0 Å². The molecule has 1 aromatic carbocycles. The molecule has 1 aromatic heterocycles. The predicted octanol–water partition coefficient (Wildman–Crippen LogP) is 3.24. The average Bonchev–Trinajstić information content (AvgIpc) is 3.18. The fourth-order valence-electron chi connectivity index (χ4n) is 4.96. The molecule has 4 nitrogen and oxygen atoms in total. The quantitative estimate of drug-likeness (QED) is 0.777. The zero-order chi connectivity index (χ0) is 16.9. The van der Waals surface area contributed by atoms with Gasteiger partial charge in [0.2, 0.25) is 0 Å². The maximum atomic E-state index is 13.7. The van der Waals surface area contributed by atoms with E-state index in [-0.39, 0.29) is 17.8 Å². The molecule has 2 bridgehead atoms. The molecule has 3 atom stereocenters. The van der Waals surface area contributed by atoms with Gasteiger partial charge in [-0.2, -0.15) is 18.3 Å². The van der Waals surface area contributed by atoms with Crippen LogP contribution in [0, 0.1) is 11.3 Å². The minimum absolute atomic E-state index is 0.000602. The summed E-state index contributed by atoms with van der Waals surface area (Å²) < 4.78 is 41.2. The number of ketones is 1. The van der Waals surface area contributed by atoms with E-state index in [1.165, 1.54) is 6.20 Å². The summed E-state index contributed by atoms with van der Waals surface area (Å²) in [6.07, 6.45) is -3.66. The number of nitrogens with zero attached hydrogens (tertiary/aromatic N) is 1. The number of H-pyrrole nitrogens is 1. The highest BCUT2D eigenvalue weighted by Gasteiger charge is 2.63. The molecule has 7 heteroatoms. The molecule has 1 unspecified atom stereocenters. The van der Waals surface area contributed by atoms with Gasteiger partial charge in [-0.05, 0) is 42.4 Å². The highest BCUT2D eigenvalue weighted by Crippen LogP contribution is 2.65. The van der Waals surface area contributed by atoms with E-state index in [1.54, 1.807) is 12.1 Å². The normalized spacial score (nSPS) is 31.8. The Morgan fingerprint density at radius 2 is 2.12 bits per heavy atom. The predicted molar refractivity (Wildman–Crippen MR) is 79.2 cm³/mol. The van der Waals surface area contributed by atoms with Gasteiger partial charge >= 0.3 is 6.18 Å². The van der Waals surface area contributed by atoms with Crippen LogP contribution in [0.1, 0.15) is 35.2 Å². The van der Waals surface area contributed by atoms with Crippen molar-refractivity contribution in [3.05, 3.63) is 35.0 Å². The monoisotopic (exact) mass is 334 g/mol. The fraction of sp³-hybridized carbons (Fsp3) is 0.412. The van der Waals surface area contributed by atoms with Crippen molar-refractivity contribution < 1.29 is 23.1 Å². The summed E-state index contributed by atoms with van der Waals surface area (Å²) in [4.78, 5) is 13.2. The highest BCUT2D eigenvalue weighted by atomic mass is 19.4. The number of fused-ring (bicyclic) bond motifs is 5. The summed E-state index contributed by atoms with van der Waals surface area (Å²) in [5, 5.41) is 17.5. The van der Waals surface area contributed by atoms with Gasteiger partial charge in [-0.25, -0.2) is 0 Å². The molecule has 3 aliphatic rings. The van der Waals surface area contributed by atoms with Gasteiger partial charge in [0, 0.05) is 10.9 Å². The smallest absolute Gasteiger partial charge is 0.388 e. The van der Waals surface area contributed by atoms with Crippen LogP contribution in [0.4, 0.5) is 13.2 Å². The number of allylic oxidation sites excluding steroid dienone is 1. The Morgan fingerprint density at radius 3 is 2.88 bits per heavy atom.